The van der Waals surface area contributed by atoms with Crippen LogP contribution < -0.4 is 4.74 Å². The maximum atomic E-state index is 11.9. The molecular formula is C31H37NO3. The van der Waals surface area contributed by atoms with E-state index in [0.29, 0.717) is 6.04 Å². The Morgan fingerprint density at radius 1 is 1.11 bits per heavy atom. The first kappa shape index (κ1) is 21.2. The summed E-state index contributed by atoms with van der Waals surface area (Å²) in [5, 5.41) is 11.9. The molecule has 1 N–H and O–H groups in total. The topological polar surface area (TPSA) is 41.9 Å². The number of benzene rings is 2. The normalized spacial score (nSPS) is 41.4. The van der Waals surface area contributed by atoms with Crippen molar-refractivity contribution in [3.8, 4) is 5.75 Å². The lowest BCUT2D eigenvalue weighted by atomic mass is 9.34. The molecule has 4 nitrogen and oxygen atoms in total. The van der Waals surface area contributed by atoms with Crippen molar-refractivity contribution in [3.05, 3.63) is 64.7 Å². The van der Waals surface area contributed by atoms with Gasteiger partial charge in [0.25, 0.3) is 0 Å². The molecule has 35 heavy (non-hydrogen) atoms. The largest absolute Gasteiger partial charge is 0.486 e. The Kier molecular flexibility index (Phi) is 4.19. The van der Waals surface area contributed by atoms with Gasteiger partial charge in [-0.25, -0.2) is 0 Å². The molecule has 0 radical (unpaired) electrons. The minimum Gasteiger partial charge on any atom is -0.486 e. The second kappa shape index (κ2) is 6.90. The molecule has 5 aliphatic carbocycles. The number of aliphatic hydroxyl groups excluding tert-OH is 1. The Hall–Kier alpha value is -1.88. The van der Waals surface area contributed by atoms with Gasteiger partial charge in [-0.1, -0.05) is 42.5 Å². The Bertz CT molecular complexity index is 1190. The fourth-order valence-corrected chi connectivity index (χ4v) is 9.85. The molecule has 9 rings (SSSR count). The predicted octanol–water partition coefficient (Wildman–Crippen LogP) is 4.95. The van der Waals surface area contributed by atoms with Gasteiger partial charge in [-0.3, -0.25) is 4.90 Å². The summed E-state index contributed by atoms with van der Waals surface area (Å²) < 4.78 is 13.7. The zero-order chi connectivity index (χ0) is 23.6. The van der Waals surface area contributed by atoms with E-state index in [2.05, 4.69) is 36.1 Å². The van der Waals surface area contributed by atoms with E-state index in [9.17, 15) is 5.11 Å². The Balaban J connectivity index is 1.34. The second-order valence-electron chi connectivity index (χ2n) is 12.6. The van der Waals surface area contributed by atoms with Gasteiger partial charge in [0.1, 0.15) is 17.5 Å². The number of methoxy groups -OCH3 is 1. The van der Waals surface area contributed by atoms with Crippen molar-refractivity contribution in [3.63, 3.8) is 0 Å². The van der Waals surface area contributed by atoms with Crippen LogP contribution in [-0.2, 0) is 16.6 Å². The van der Waals surface area contributed by atoms with Gasteiger partial charge in [-0.15, -0.1) is 0 Å². The number of hydrogen-bond acceptors (Lipinski definition) is 4. The summed E-state index contributed by atoms with van der Waals surface area (Å²) in [6.07, 6.45) is 7.69. The summed E-state index contributed by atoms with van der Waals surface area (Å²) >= 11 is 0. The highest BCUT2D eigenvalue weighted by Crippen LogP contribution is 2.77. The van der Waals surface area contributed by atoms with Crippen LogP contribution in [0.3, 0.4) is 0 Å². The standard InChI is InChI=1S/C31H37NO3/c1-19-8-11-22-16-24-29-12-13-31(34-2,23(17-29)26(33)21-6-4-3-5-7-21)28-30(29,25(22)27(19)35-28)14-15-32(24)18-20-9-10-20/h3-8,11,20,23-24,26,28,33H,9-10,12-18H2,1-2H3/t23-,24-,26?,28-,29-,30+,31-/m1/s1. The van der Waals surface area contributed by atoms with Crippen molar-refractivity contribution in [2.24, 2.45) is 17.3 Å². The third kappa shape index (κ3) is 2.40. The summed E-state index contributed by atoms with van der Waals surface area (Å²) in [5.41, 5.74) is 4.98. The maximum Gasteiger partial charge on any atom is 0.138 e. The first-order chi connectivity index (χ1) is 17.0. The van der Waals surface area contributed by atoms with Crippen LogP contribution in [0.2, 0.25) is 0 Å². The van der Waals surface area contributed by atoms with Gasteiger partial charge in [0.2, 0.25) is 0 Å². The van der Waals surface area contributed by atoms with Crippen LogP contribution in [0.1, 0.15) is 66.9 Å². The smallest absolute Gasteiger partial charge is 0.138 e. The lowest BCUT2D eigenvalue weighted by molar-refractivity contribution is -0.291. The van der Waals surface area contributed by atoms with Crippen LogP contribution in [0.5, 0.6) is 5.75 Å². The van der Waals surface area contributed by atoms with Gasteiger partial charge in [0.05, 0.1) is 6.10 Å². The molecule has 2 aromatic carbocycles. The van der Waals surface area contributed by atoms with Gasteiger partial charge in [0.15, 0.2) is 0 Å². The number of ether oxygens (including phenoxy) is 2. The van der Waals surface area contributed by atoms with Crippen LogP contribution >= 0.6 is 0 Å². The minimum absolute atomic E-state index is 0.00776. The fourth-order valence-electron chi connectivity index (χ4n) is 9.85. The molecule has 184 valence electrons. The van der Waals surface area contributed by atoms with Crippen LogP contribution in [-0.4, -0.2) is 48.0 Å². The average molecular weight is 472 g/mol. The first-order valence-corrected chi connectivity index (χ1v) is 13.9. The van der Waals surface area contributed by atoms with Gasteiger partial charge in [-0.05, 0) is 81.0 Å². The van der Waals surface area contributed by atoms with Gasteiger partial charge in [-0.2, -0.15) is 0 Å². The lowest BCUT2D eigenvalue weighted by Crippen LogP contribution is -2.81. The number of fused-ring (bicyclic) bond motifs is 2. The molecule has 2 aliphatic heterocycles. The van der Waals surface area contributed by atoms with Crippen LogP contribution in [0.4, 0.5) is 0 Å². The third-order valence-corrected chi connectivity index (χ3v) is 11.5. The summed E-state index contributed by atoms with van der Waals surface area (Å²) in [7, 11) is 1.88. The second-order valence-corrected chi connectivity index (χ2v) is 12.6. The van der Waals surface area contributed by atoms with Crippen molar-refractivity contribution >= 4 is 0 Å². The molecule has 5 fully saturated rings. The zero-order valence-corrected chi connectivity index (χ0v) is 21.0. The number of hydrogen-bond donors (Lipinski definition) is 1. The minimum atomic E-state index is -0.543. The van der Waals surface area contributed by atoms with Crippen molar-refractivity contribution < 1.29 is 14.6 Å². The number of aryl methyl sites for hydroxylation is 1. The monoisotopic (exact) mass is 471 g/mol. The Labute approximate surface area is 208 Å². The highest BCUT2D eigenvalue weighted by Gasteiger charge is 2.81. The number of nitrogens with zero attached hydrogens (tertiary/aromatic N) is 1. The van der Waals surface area contributed by atoms with Crippen molar-refractivity contribution in [1.82, 2.24) is 4.90 Å². The number of likely N-dealkylation sites (tertiary alicyclic amines) is 1. The van der Waals surface area contributed by atoms with E-state index < -0.39 is 11.7 Å². The number of rotatable bonds is 5. The predicted molar refractivity (Wildman–Crippen MR) is 135 cm³/mol. The van der Waals surface area contributed by atoms with E-state index >= 15 is 0 Å². The van der Waals surface area contributed by atoms with E-state index in [-0.39, 0.29) is 22.9 Å². The molecule has 7 aliphatic rings. The van der Waals surface area contributed by atoms with Gasteiger partial charge >= 0.3 is 0 Å². The van der Waals surface area contributed by atoms with Crippen LogP contribution in [0.25, 0.3) is 0 Å². The fraction of sp³-hybridized carbons (Fsp3) is 0.613. The van der Waals surface area contributed by atoms with E-state index in [1.807, 2.05) is 25.3 Å². The molecule has 4 heteroatoms. The van der Waals surface area contributed by atoms with E-state index in [0.717, 1.165) is 42.9 Å². The zero-order valence-electron chi connectivity index (χ0n) is 21.0. The maximum absolute atomic E-state index is 11.9. The molecule has 7 atom stereocenters. The molecule has 0 aromatic heterocycles. The van der Waals surface area contributed by atoms with Crippen molar-refractivity contribution in [2.45, 2.75) is 81.1 Å². The molecule has 2 aromatic rings. The quantitative estimate of drug-likeness (QED) is 0.670. The molecule has 4 bridgehead atoms. The molecule has 4 saturated carbocycles. The van der Waals surface area contributed by atoms with Crippen molar-refractivity contribution in [2.75, 3.05) is 20.2 Å². The molecular weight excluding hydrogens is 434 g/mol. The van der Waals surface area contributed by atoms with E-state index in [4.69, 9.17) is 9.47 Å². The summed E-state index contributed by atoms with van der Waals surface area (Å²) in [4.78, 5) is 2.87. The average Bonchev–Trinajstić information content (AvgIpc) is 3.63. The lowest BCUT2D eigenvalue weighted by Gasteiger charge is -2.74. The highest BCUT2D eigenvalue weighted by atomic mass is 16.6. The SMILES string of the molecule is CO[C@]12CC[C@@]3(C[C@@H]1C(O)c1ccccc1)[C@H]1Cc4ccc(C)c5c4[C@@]3(CCN1CC1CC1)[C@H]2O5. The molecule has 1 saturated heterocycles. The molecule has 1 unspecified atom stereocenters. The Morgan fingerprint density at radius 3 is 2.71 bits per heavy atom. The summed E-state index contributed by atoms with van der Waals surface area (Å²) in [5.74, 6) is 2.06. The van der Waals surface area contributed by atoms with E-state index in [1.165, 1.54) is 49.0 Å². The van der Waals surface area contributed by atoms with Crippen LogP contribution in [0.15, 0.2) is 42.5 Å². The first-order valence-electron chi connectivity index (χ1n) is 13.9. The van der Waals surface area contributed by atoms with Gasteiger partial charge in [0, 0.05) is 42.0 Å². The molecule has 2 spiro atoms. The molecule has 0 amide bonds. The third-order valence-electron chi connectivity index (χ3n) is 11.5. The van der Waals surface area contributed by atoms with Crippen molar-refractivity contribution in [1.29, 1.82) is 0 Å². The van der Waals surface area contributed by atoms with Gasteiger partial charge < -0.3 is 14.6 Å². The summed E-state index contributed by atoms with van der Waals surface area (Å²) in [6.45, 7) is 4.63. The van der Waals surface area contributed by atoms with E-state index in [1.54, 1.807) is 0 Å². The Morgan fingerprint density at radius 2 is 1.94 bits per heavy atom. The number of piperidine rings is 1. The highest BCUT2D eigenvalue weighted by molar-refractivity contribution is 5.61. The number of aliphatic hydroxyl groups is 1. The summed E-state index contributed by atoms with van der Waals surface area (Å²) in [6, 6.07) is 15.5. The van der Waals surface area contributed by atoms with Crippen LogP contribution in [0, 0.1) is 24.2 Å². The molecule has 2 heterocycles.